The second-order valence-electron chi connectivity index (χ2n) is 2.36. The maximum Gasteiger partial charge on any atom is 0.271 e. The fourth-order valence-electron chi connectivity index (χ4n) is 0.884. The zero-order valence-corrected chi connectivity index (χ0v) is 6.58. The Bertz CT molecular complexity index is 302. The number of allylic oxidation sites excluding steroid dienone is 2. The smallest absolute Gasteiger partial charge is 0.271 e. The normalized spacial score (nSPS) is 24.8. The molecule has 1 aliphatic carbocycles. The van der Waals surface area contributed by atoms with Crippen LogP contribution >= 0.6 is 0 Å². The average molecular weight is 175 g/mol. The highest BCUT2D eigenvalue weighted by Gasteiger charge is 2.20. The van der Waals surface area contributed by atoms with Crippen LogP contribution in [0.25, 0.3) is 0 Å². The fourth-order valence-corrected chi connectivity index (χ4v) is 1.57. The van der Waals surface area contributed by atoms with E-state index in [0.717, 1.165) is 0 Å². The first kappa shape index (κ1) is 8.29. The van der Waals surface area contributed by atoms with E-state index in [1.54, 1.807) is 12.2 Å². The van der Waals surface area contributed by atoms with Crippen molar-refractivity contribution in [2.75, 3.05) is 0 Å². The van der Waals surface area contributed by atoms with Gasteiger partial charge in [-0.3, -0.25) is 4.55 Å². The number of hydrogen-bond donors (Lipinski definition) is 2. The van der Waals surface area contributed by atoms with Gasteiger partial charge in [0, 0.05) is 5.70 Å². The second-order valence-corrected chi connectivity index (χ2v) is 3.99. The lowest BCUT2D eigenvalue weighted by Crippen LogP contribution is -2.20. The standard InChI is InChI=1S/C6H9NO3S/c7-5-2-1-3-6(4-5)11(8,9)10/h1-2,4,6H,3,7H2,(H,8,9,10). The van der Waals surface area contributed by atoms with Crippen LogP contribution in [0.3, 0.4) is 0 Å². The Morgan fingerprint density at radius 1 is 1.64 bits per heavy atom. The van der Waals surface area contributed by atoms with Gasteiger partial charge in [-0.1, -0.05) is 6.08 Å². The molecule has 0 radical (unpaired) electrons. The topological polar surface area (TPSA) is 80.4 Å². The highest BCUT2D eigenvalue weighted by molar-refractivity contribution is 7.86. The first-order valence-electron chi connectivity index (χ1n) is 3.10. The SMILES string of the molecule is NC1=CC(S(=O)(=O)O)CC=C1. The van der Waals surface area contributed by atoms with Gasteiger partial charge in [0.15, 0.2) is 0 Å². The van der Waals surface area contributed by atoms with E-state index in [2.05, 4.69) is 0 Å². The Balaban J connectivity index is 2.89. The zero-order valence-electron chi connectivity index (χ0n) is 5.77. The van der Waals surface area contributed by atoms with E-state index in [1.807, 2.05) is 0 Å². The van der Waals surface area contributed by atoms with Gasteiger partial charge in [-0.2, -0.15) is 8.42 Å². The Morgan fingerprint density at radius 3 is 2.64 bits per heavy atom. The van der Waals surface area contributed by atoms with Crippen LogP contribution in [0.5, 0.6) is 0 Å². The number of nitrogens with two attached hydrogens (primary N) is 1. The molecule has 1 atom stereocenters. The van der Waals surface area contributed by atoms with E-state index in [-0.39, 0.29) is 0 Å². The summed E-state index contributed by atoms with van der Waals surface area (Å²) in [5.41, 5.74) is 5.69. The Kier molecular flexibility index (Phi) is 2.01. The molecule has 0 heterocycles. The summed E-state index contributed by atoms with van der Waals surface area (Å²) in [5.74, 6) is 0. The summed E-state index contributed by atoms with van der Waals surface area (Å²) in [4.78, 5) is 0. The van der Waals surface area contributed by atoms with Gasteiger partial charge in [-0.05, 0) is 18.6 Å². The largest absolute Gasteiger partial charge is 0.399 e. The molecule has 0 fully saturated rings. The third kappa shape index (κ3) is 2.06. The molecule has 4 nitrogen and oxygen atoms in total. The van der Waals surface area contributed by atoms with Gasteiger partial charge >= 0.3 is 0 Å². The molecule has 11 heavy (non-hydrogen) atoms. The van der Waals surface area contributed by atoms with Crippen molar-refractivity contribution >= 4 is 10.1 Å². The van der Waals surface area contributed by atoms with Gasteiger partial charge in [0.05, 0.1) is 0 Å². The van der Waals surface area contributed by atoms with Crippen LogP contribution in [0, 0.1) is 0 Å². The molecule has 0 aromatic carbocycles. The van der Waals surface area contributed by atoms with Gasteiger partial charge in [-0.15, -0.1) is 0 Å². The highest BCUT2D eigenvalue weighted by Crippen LogP contribution is 2.13. The molecule has 1 unspecified atom stereocenters. The van der Waals surface area contributed by atoms with Crippen molar-refractivity contribution in [2.24, 2.45) is 5.73 Å². The molecule has 5 heteroatoms. The first-order chi connectivity index (χ1) is 5.00. The van der Waals surface area contributed by atoms with E-state index in [1.165, 1.54) is 6.08 Å². The molecule has 0 aromatic rings. The van der Waals surface area contributed by atoms with Crippen LogP contribution < -0.4 is 5.73 Å². The van der Waals surface area contributed by atoms with E-state index in [0.29, 0.717) is 12.1 Å². The third-order valence-electron chi connectivity index (χ3n) is 1.44. The van der Waals surface area contributed by atoms with Gasteiger partial charge in [-0.25, -0.2) is 0 Å². The summed E-state index contributed by atoms with van der Waals surface area (Å²) in [7, 11) is -3.97. The van der Waals surface area contributed by atoms with Gasteiger partial charge < -0.3 is 5.73 Å². The van der Waals surface area contributed by atoms with Crippen molar-refractivity contribution in [3.63, 3.8) is 0 Å². The molecule has 1 rings (SSSR count). The predicted octanol–water partition coefficient (Wildman–Crippen LogP) is 0.0453. The molecule has 0 saturated heterocycles. The van der Waals surface area contributed by atoms with E-state index in [4.69, 9.17) is 10.3 Å². The Labute approximate surface area is 65.1 Å². The molecular weight excluding hydrogens is 166 g/mol. The third-order valence-corrected chi connectivity index (χ3v) is 2.53. The maximum absolute atomic E-state index is 10.6. The molecule has 0 bridgehead atoms. The van der Waals surface area contributed by atoms with Crippen molar-refractivity contribution < 1.29 is 13.0 Å². The van der Waals surface area contributed by atoms with E-state index >= 15 is 0 Å². The summed E-state index contributed by atoms with van der Waals surface area (Å²) in [6, 6.07) is 0. The monoisotopic (exact) mass is 175 g/mol. The fraction of sp³-hybridized carbons (Fsp3) is 0.333. The summed E-state index contributed by atoms with van der Waals surface area (Å²) in [5, 5.41) is -0.868. The minimum Gasteiger partial charge on any atom is -0.399 e. The van der Waals surface area contributed by atoms with Gasteiger partial charge in [0.2, 0.25) is 0 Å². The van der Waals surface area contributed by atoms with Crippen molar-refractivity contribution in [2.45, 2.75) is 11.7 Å². The molecular formula is C6H9NO3S. The molecule has 3 N–H and O–H groups in total. The van der Waals surface area contributed by atoms with E-state index in [9.17, 15) is 8.42 Å². The quantitative estimate of drug-likeness (QED) is 0.551. The van der Waals surface area contributed by atoms with Crippen LogP contribution in [0.15, 0.2) is 23.9 Å². The van der Waals surface area contributed by atoms with Gasteiger partial charge in [0.1, 0.15) is 5.25 Å². The number of rotatable bonds is 1. The molecule has 62 valence electrons. The molecule has 0 spiro atoms. The second kappa shape index (κ2) is 2.67. The van der Waals surface area contributed by atoms with Crippen LogP contribution in [0.4, 0.5) is 0 Å². The van der Waals surface area contributed by atoms with Crippen LogP contribution in [-0.2, 0) is 10.1 Å². The summed E-state index contributed by atoms with van der Waals surface area (Å²) in [6.45, 7) is 0. The Morgan fingerprint density at radius 2 is 2.27 bits per heavy atom. The van der Waals surface area contributed by atoms with Crippen molar-refractivity contribution in [1.82, 2.24) is 0 Å². The molecule has 0 saturated carbocycles. The average Bonchev–Trinajstić information content (AvgIpc) is 1.86. The highest BCUT2D eigenvalue weighted by atomic mass is 32.2. The zero-order chi connectivity index (χ0) is 8.48. The minimum atomic E-state index is -3.97. The van der Waals surface area contributed by atoms with Crippen LogP contribution in [-0.4, -0.2) is 18.2 Å². The molecule has 0 aliphatic heterocycles. The Hall–Kier alpha value is -0.810. The summed E-state index contributed by atoms with van der Waals surface area (Å²) >= 11 is 0. The van der Waals surface area contributed by atoms with Crippen molar-refractivity contribution in [1.29, 1.82) is 0 Å². The minimum absolute atomic E-state index is 0.291. The van der Waals surface area contributed by atoms with Crippen molar-refractivity contribution in [3.05, 3.63) is 23.9 Å². The molecule has 0 amide bonds. The molecule has 0 aromatic heterocycles. The lowest BCUT2D eigenvalue weighted by Gasteiger charge is -2.10. The van der Waals surface area contributed by atoms with Gasteiger partial charge in [0.25, 0.3) is 10.1 Å². The maximum atomic E-state index is 10.6. The lowest BCUT2D eigenvalue weighted by atomic mass is 10.1. The van der Waals surface area contributed by atoms with Crippen LogP contribution in [0.2, 0.25) is 0 Å². The molecule has 1 aliphatic rings. The summed E-state index contributed by atoms with van der Waals surface area (Å²) in [6.07, 6.45) is 4.85. The summed E-state index contributed by atoms with van der Waals surface area (Å²) < 4.78 is 29.7. The number of hydrogen-bond acceptors (Lipinski definition) is 3. The van der Waals surface area contributed by atoms with Crippen molar-refractivity contribution in [3.8, 4) is 0 Å². The van der Waals surface area contributed by atoms with Crippen LogP contribution in [0.1, 0.15) is 6.42 Å². The first-order valence-corrected chi connectivity index (χ1v) is 4.60. The predicted molar refractivity (Wildman–Crippen MR) is 41.4 cm³/mol. The van der Waals surface area contributed by atoms with E-state index < -0.39 is 15.4 Å². The lowest BCUT2D eigenvalue weighted by molar-refractivity contribution is 0.474.